The Balaban J connectivity index is 2.02. The fourth-order valence-corrected chi connectivity index (χ4v) is 1.93. The van der Waals surface area contributed by atoms with Crippen molar-refractivity contribution in [3.63, 3.8) is 0 Å². The van der Waals surface area contributed by atoms with Crippen LogP contribution in [0.5, 0.6) is 0 Å². The number of aromatic carboxylic acids is 1. The zero-order valence-electron chi connectivity index (χ0n) is 10.0. The van der Waals surface area contributed by atoms with Gasteiger partial charge in [0.05, 0.1) is 0 Å². The van der Waals surface area contributed by atoms with Crippen LogP contribution in [0, 0.1) is 0 Å². The molecule has 0 atom stereocenters. The molecule has 0 saturated carbocycles. The molecule has 19 heavy (non-hydrogen) atoms. The summed E-state index contributed by atoms with van der Waals surface area (Å²) in [4.78, 5) is 19.4. The van der Waals surface area contributed by atoms with Crippen molar-refractivity contribution in [2.24, 2.45) is 0 Å². The molecule has 0 fully saturated rings. The predicted octanol–water partition coefficient (Wildman–Crippen LogP) is 2.59. The van der Waals surface area contributed by atoms with Crippen LogP contribution >= 0.6 is 15.9 Å². The number of anilines is 1. The highest BCUT2D eigenvalue weighted by Gasteiger charge is 2.11. The molecule has 2 N–H and O–H groups in total. The third-order valence-electron chi connectivity index (χ3n) is 2.48. The molecular formula is C13H12BrN3O2. The number of halogens is 1. The Hall–Kier alpha value is -1.95. The van der Waals surface area contributed by atoms with E-state index in [0.717, 1.165) is 5.69 Å². The monoisotopic (exact) mass is 321 g/mol. The number of carboxylic acids is 1. The van der Waals surface area contributed by atoms with E-state index < -0.39 is 5.97 Å². The molecule has 0 radical (unpaired) electrons. The van der Waals surface area contributed by atoms with E-state index in [2.05, 4.69) is 31.2 Å². The van der Waals surface area contributed by atoms with Crippen LogP contribution in [0.2, 0.25) is 0 Å². The highest BCUT2D eigenvalue weighted by molar-refractivity contribution is 9.10. The number of carbonyl (C=O) groups is 1. The van der Waals surface area contributed by atoms with Crippen molar-refractivity contribution in [3.05, 3.63) is 52.4 Å². The third kappa shape index (κ3) is 3.75. The topological polar surface area (TPSA) is 75.1 Å². The van der Waals surface area contributed by atoms with Crippen molar-refractivity contribution in [1.29, 1.82) is 0 Å². The minimum Gasteiger partial charge on any atom is -0.478 e. The first-order chi connectivity index (χ1) is 9.16. The van der Waals surface area contributed by atoms with Crippen LogP contribution in [-0.2, 0) is 6.42 Å². The van der Waals surface area contributed by atoms with E-state index in [1.807, 2.05) is 18.2 Å². The van der Waals surface area contributed by atoms with Gasteiger partial charge >= 0.3 is 5.97 Å². The number of aromatic nitrogens is 2. The number of nitrogens with zero attached hydrogens (tertiary/aromatic N) is 2. The fraction of sp³-hybridized carbons (Fsp3) is 0.154. The Bertz CT molecular complexity index is 575. The SMILES string of the molecule is O=C(O)c1cc(Br)cnc1NCCc1ccccn1. The largest absolute Gasteiger partial charge is 0.478 e. The van der Waals surface area contributed by atoms with E-state index in [4.69, 9.17) is 5.11 Å². The van der Waals surface area contributed by atoms with Crippen molar-refractivity contribution in [1.82, 2.24) is 9.97 Å². The number of hydrogen-bond donors (Lipinski definition) is 2. The van der Waals surface area contributed by atoms with Crippen molar-refractivity contribution < 1.29 is 9.90 Å². The van der Waals surface area contributed by atoms with Gasteiger partial charge in [0.1, 0.15) is 11.4 Å². The molecule has 0 saturated heterocycles. The number of pyridine rings is 2. The molecule has 0 aliphatic rings. The minimum atomic E-state index is -1.01. The van der Waals surface area contributed by atoms with Crippen LogP contribution in [0.1, 0.15) is 16.1 Å². The first-order valence-corrected chi connectivity index (χ1v) is 6.49. The molecule has 0 aromatic carbocycles. The molecule has 2 aromatic heterocycles. The van der Waals surface area contributed by atoms with E-state index in [-0.39, 0.29) is 5.56 Å². The molecule has 0 spiro atoms. The molecule has 6 heteroatoms. The van der Waals surface area contributed by atoms with Crippen LogP contribution < -0.4 is 5.32 Å². The number of rotatable bonds is 5. The first kappa shape index (κ1) is 13.5. The smallest absolute Gasteiger partial charge is 0.339 e. The van der Waals surface area contributed by atoms with E-state index in [9.17, 15) is 4.79 Å². The lowest BCUT2D eigenvalue weighted by Gasteiger charge is -2.08. The van der Waals surface area contributed by atoms with Gasteiger partial charge in [-0.15, -0.1) is 0 Å². The number of nitrogens with one attached hydrogen (secondary N) is 1. The summed E-state index contributed by atoms with van der Waals surface area (Å²) >= 11 is 3.21. The normalized spacial score (nSPS) is 10.2. The summed E-state index contributed by atoms with van der Waals surface area (Å²) in [5.41, 5.74) is 1.10. The molecule has 2 heterocycles. The lowest BCUT2D eigenvalue weighted by molar-refractivity contribution is 0.0697. The Kier molecular flexibility index (Phi) is 4.46. The van der Waals surface area contributed by atoms with Crippen LogP contribution in [0.25, 0.3) is 0 Å². The van der Waals surface area contributed by atoms with Crippen LogP contribution in [0.3, 0.4) is 0 Å². The van der Waals surface area contributed by atoms with Gasteiger partial charge in [-0.2, -0.15) is 0 Å². The number of carboxylic acid groups (broad SMARTS) is 1. The van der Waals surface area contributed by atoms with E-state index in [1.54, 1.807) is 12.4 Å². The van der Waals surface area contributed by atoms with Crippen molar-refractivity contribution in [2.75, 3.05) is 11.9 Å². The van der Waals surface area contributed by atoms with Crippen LogP contribution in [-0.4, -0.2) is 27.6 Å². The average Bonchev–Trinajstić information content (AvgIpc) is 2.41. The molecule has 5 nitrogen and oxygen atoms in total. The van der Waals surface area contributed by atoms with Crippen LogP contribution in [0.15, 0.2) is 41.1 Å². The molecule has 0 aliphatic carbocycles. The molecule has 0 amide bonds. The highest BCUT2D eigenvalue weighted by atomic mass is 79.9. The molecule has 0 bridgehead atoms. The summed E-state index contributed by atoms with van der Waals surface area (Å²) in [6, 6.07) is 7.23. The van der Waals surface area contributed by atoms with Gasteiger partial charge in [-0.1, -0.05) is 6.07 Å². The summed E-state index contributed by atoms with van der Waals surface area (Å²) < 4.78 is 0.639. The molecule has 2 rings (SSSR count). The van der Waals surface area contributed by atoms with Gasteiger partial charge in [0.25, 0.3) is 0 Å². The second-order valence-electron chi connectivity index (χ2n) is 3.85. The van der Waals surface area contributed by atoms with Gasteiger partial charge in [-0.25, -0.2) is 9.78 Å². The highest BCUT2D eigenvalue weighted by Crippen LogP contribution is 2.17. The van der Waals surface area contributed by atoms with E-state index >= 15 is 0 Å². The fourth-order valence-electron chi connectivity index (χ4n) is 1.60. The van der Waals surface area contributed by atoms with Gasteiger partial charge in [0, 0.05) is 35.5 Å². The van der Waals surface area contributed by atoms with E-state index in [0.29, 0.717) is 23.3 Å². The van der Waals surface area contributed by atoms with E-state index in [1.165, 1.54) is 6.07 Å². The molecule has 0 aliphatic heterocycles. The van der Waals surface area contributed by atoms with Gasteiger partial charge in [-0.3, -0.25) is 4.98 Å². The maximum atomic E-state index is 11.1. The Morgan fingerprint density at radius 1 is 1.37 bits per heavy atom. The standard InChI is InChI=1S/C13H12BrN3O2/c14-9-7-11(13(18)19)12(17-8-9)16-6-4-10-3-1-2-5-15-10/h1-3,5,7-8H,4,6H2,(H,16,17)(H,18,19). The van der Waals surface area contributed by atoms with Crippen LogP contribution in [0.4, 0.5) is 5.82 Å². The maximum absolute atomic E-state index is 11.1. The van der Waals surface area contributed by atoms with Crippen molar-refractivity contribution in [2.45, 2.75) is 6.42 Å². The molecular weight excluding hydrogens is 310 g/mol. The van der Waals surface area contributed by atoms with Crippen molar-refractivity contribution in [3.8, 4) is 0 Å². The van der Waals surface area contributed by atoms with Gasteiger partial charge < -0.3 is 10.4 Å². The average molecular weight is 322 g/mol. The summed E-state index contributed by atoms with van der Waals surface area (Å²) in [7, 11) is 0. The van der Waals surface area contributed by atoms with Gasteiger partial charge in [0.15, 0.2) is 0 Å². The van der Waals surface area contributed by atoms with Gasteiger partial charge in [0.2, 0.25) is 0 Å². The Labute approximate surface area is 118 Å². The Morgan fingerprint density at radius 3 is 2.89 bits per heavy atom. The summed E-state index contributed by atoms with van der Waals surface area (Å²) in [5.74, 6) is -0.638. The predicted molar refractivity (Wildman–Crippen MR) is 75.3 cm³/mol. The lowest BCUT2D eigenvalue weighted by atomic mass is 10.2. The summed E-state index contributed by atoms with van der Waals surface area (Å²) in [6.45, 7) is 0.575. The van der Waals surface area contributed by atoms with Crippen molar-refractivity contribution >= 4 is 27.7 Å². The molecule has 2 aromatic rings. The second kappa shape index (κ2) is 6.29. The number of hydrogen-bond acceptors (Lipinski definition) is 4. The quantitative estimate of drug-likeness (QED) is 0.885. The molecule has 0 unspecified atom stereocenters. The second-order valence-corrected chi connectivity index (χ2v) is 4.77. The zero-order valence-corrected chi connectivity index (χ0v) is 11.6. The minimum absolute atomic E-state index is 0.149. The zero-order chi connectivity index (χ0) is 13.7. The third-order valence-corrected chi connectivity index (χ3v) is 2.92. The maximum Gasteiger partial charge on any atom is 0.339 e. The summed E-state index contributed by atoms with van der Waals surface area (Å²) in [5, 5.41) is 12.1. The Morgan fingerprint density at radius 2 is 2.21 bits per heavy atom. The summed E-state index contributed by atoms with van der Waals surface area (Å²) in [6.07, 6.45) is 4.00. The lowest BCUT2D eigenvalue weighted by Crippen LogP contribution is -2.11. The molecule has 98 valence electrons. The van der Waals surface area contributed by atoms with Gasteiger partial charge in [-0.05, 0) is 34.1 Å². The first-order valence-electron chi connectivity index (χ1n) is 5.69.